The van der Waals surface area contributed by atoms with Crippen LogP contribution in [-0.4, -0.2) is 89.4 Å². The number of ether oxygens (including phenoxy) is 5. The summed E-state index contributed by atoms with van der Waals surface area (Å²) in [6.07, 6.45) is -1.24. The highest BCUT2D eigenvalue weighted by Crippen LogP contribution is 2.37. The predicted molar refractivity (Wildman–Crippen MR) is 148 cm³/mol. The number of morpholine rings is 1. The number of carbonyl (C=O) groups excluding carboxylic acids is 2. The van der Waals surface area contributed by atoms with E-state index in [0.29, 0.717) is 25.5 Å². The van der Waals surface area contributed by atoms with Gasteiger partial charge in [-0.1, -0.05) is 23.2 Å². The summed E-state index contributed by atoms with van der Waals surface area (Å²) in [5, 5.41) is -0.0853. The molecule has 40 heavy (non-hydrogen) atoms. The number of alkyl halides is 1. The first-order valence-corrected chi connectivity index (χ1v) is 15.1. The van der Waals surface area contributed by atoms with Gasteiger partial charge in [-0.25, -0.2) is 8.42 Å². The van der Waals surface area contributed by atoms with Gasteiger partial charge in [0, 0.05) is 33.5 Å². The van der Waals surface area contributed by atoms with Gasteiger partial charge < -0.3 is 23.7 Å². The van der Waals surface area contributed by atoms with E-state index in [-0.39, 0.29) is 44.7 Å². The molecule has 0 spiro atoms. The fraction of sp³-hybridized carbons (Fsp3) is 0.462. The van der Waals surface area contributed by atoms with E-state index in [4.69, 9.17) is 58.5 Å². The van der Waals surface area contributed by atoms with Crippen molar-refractivity contribution >= 4 is 56.6 Å². The third kappa shape index (κ3) is 9.39. The van der Waals surface area contributed by atoms with Crippen LogP contribution in [0, 0.1) is 0 Å². The fourth-order valence-corrected chi connectivity index (χ4v) is 6.01. The van der Waals surface area contributed by atoms with Crippen LogP contribution in [0.5, 0.6) is 11.5 Å². The second-order valence-electron chi connectivity index (χ2n) is 8.84. The molecular formula is C26H30Cl3NO9S. The van der Waals surface area contributed by atoms with Crippen molar-refractivity contribution in [1.29, 1.82) is 0 Å². The molecule has 0 N–H and O–H groups in total. The van der Waals surface area contributed by atoms with Gasteiger partial charge in [0.2, 0.25) is 9.84 Å². The quantitative estimate of drug-likeness (QED) is 0.235. The maximum atomic E-state index is 13.3. The van der Waals surface area contributed by atoms with E-state index < -0.39 is 34.0 Å². The summed E-state index contributed by atoms with van der Waals surface area (Å²) in [5.74, 6) is -0.520. The first-order chi connectivity index (χ1) is 19.0. The van der Waals surface area contributed by atoms with Crippen LogP contribution in [-0.2, 0) is 33.6 Å². The van der Waals surface area contributed by atoms with E-state index in [1.807, 2.05) is 0 Å². The monoisotopic (exact) mass is 637 g/mol. The molecule has 10 nitrogen and oxygen atoms in total. The highest BCUT2D eigenvalue weighted by Gasteiger charge is 2.24. The first-order valence-electron chi connectivity index (χ1n) is 12.3. The van der Waals surface area contributed by atoms with Crippen molar-refractivity contribution in [2.45, 2.75) is 35.8 Å². The molecule has 0 bridgehead atoms. The van der Waals surface area contributed by atoms with Gasteiger partial charge in [-0.3, -0.25) is 14.5 Å². The van der Waals surface area contributed by atoms with Gasteiger partial charge in [0.15, 0.2) is 5.75 Å². The Labute approximate surface area is 248 Å². The number of hydrogen-bond donors (Lipinski definition) is 0. The molecule has 0 radical (unpaired) electrons. The molecule has 3 rings (SSSR count). The third-order valence-electron chi connectivity index (χ3n) is 5.67. The smallest absolute Gasteiger partial charge is 0.303 e. The lowest BCUT2D eigenvalue weighted by Gasteiger charge is -2.30. The van der Waals surface area contributed by atoms with Crippen LogP contribution in [0.4, 0.5) is 0 Å². The number of esters is 2. The van der Waals surface area contributed by atoms with Gasteiger partial charge in [-0.15, -0.1) is 11.6 Å². The number of hydrogen-bond acceptors (Lipinski definition) is 10. The highest BCUT2D eigenvalue weighted by atomic mass is 35.5. The molecule has 0 aliphatic carbocycles. The Kier molecular flexibility index (Phi) is 12.2. The molecule has 1 saturated heterocycles. The number of rotatable bonds is 13. The molecule has 1 fully saturated rings. The summed E-state index contributed by atoms with van der Waals surface area (Å²) >= 11 is 18.3. The van der Waals surface area contributed by atoms with E-state index in [0.717, 1.165) is 13.1 Å². The predicted octanol–water partition coefficient (Wildman–Crippen LogP) is 4.02. The number of benzene rings is 2. The molecular weight excluding hydrogens is 609 g/mol. The van der Waals surface area contributed by atoms with E-state index in [2.05, 4.69) is 4.90 Å². The molecule has 1 heterocycles. The maximum absolute atomic E-state index is 13.3. The standard InChI is InChI=1S/C26H30Cl3NO9S/c1-17(31)38-20(13-27)15-37-26-24(28)11-23(12-25(26)29)40(33,34)22-5-3-19(4-6-22)36-16-21(39-18(2)32)14-30-7-9-35-10-8-30/h3-6,11-12,20-21H,7-10,13-16H2,1-2H3/t20-,21-/m0/s1. The molecule has 1 aliphatic rings. The number of nitrogens with zero attached hydrogens (tertiary/aromatic N) is 1. The molecule has 2 aromatic carbocycles. The van der Waals surface area contributed by atoms with Crippen LogP contribution < -0.4 is 9.47 Å². The zero-order valence-corrected chi connectivity index (χ0v) is 25.0. The van der Waals surface area contributed by atoms with Crippen molar-refractivity contribution in [3.05, 3.63) is 46.4 Å². The minimum absolute atomic E-state index is 0.0115. The molecule has 14 heteroatoms. The number of carbonyl (C=O) groups is 2. The molecule has 0 unspecified atom stereocenters. The van der Waals surface area contributed by atoms with Crippen LogP contribution in [0.2, 0.25) is 10.0 Å². The molecule has 0 amide bonds. The average molecular weight is 639 g/mol. The Morgan fingerprint density at radius 2 is 1.45 bits per heavy atom. The summed E-state index contributed by atoms with van der Waals surface area (Å²) in [6, 6.07) is 8.25. The lowest BCUT2D eigenvalue weighted by Crippen LogP contribution is -2.43. The Morgan fingerprint density at radius 1 is 0.900 bits per heavy atom. The zero-order chi connectivity index (χ0) is 29.3. The van der Waals surface area contributed by atoms with Crippen LogP contribution in [0.25, 0.3) is 0 Å². The van der Waals surface area contributed by atoms with Crippen molar-refractivity contribution in [2.75, 3.05) is 51.9 Å². The molecule has 2 aromatic rings. The largest absolute Gasteiger partial charge is 0.490 e. The minimum Gasteiger partial charge on any atom is -0.490 e. The SMILES string of the molecule is CC(=O)O[C@H](COc1ccc(S(=O)(=O)c2cc(Cl)c(OC[C@H](CCl)OC(C)=O)c(Cl)c2)cc1)CN1CCOCC1. The van der Waals surface area contributed by atoms with Crippen molar-refractivity contribution in [3.63, 3.8) is 0 Å². The Hall–Kier alpha value is -2.28. The number of halogens is 3. The van der Waals surface area contributed by atoms with Crippen LogP contribution in [0.3, 0.4) is 0 Å². The highest BCUT2D eigenvalue weighted by molar-refractivity contribution is 7.91. The Morgan fingerprint density at radius 3 is 2.00 bits per heavy atom. The third-order valence-corrected chi connectivity index (χ3v) is 8.32. The zero-order valence-electron chi connectivity index (χ0n) is 21.9. The van der Waals surface area contributed by atoms with Gasteiger partial charge in [0.25, 0.3) is 0 Å². The molecule has 220 valence electrons. The van der Waals surface area contributed by atoms with Crippen molar-refractivity contribution in [3.8, 4) is 11.5 Å². The lowest BCUT2D eigenvalue weighted by atomic mass is 10.3. The van der Waals surface area contributed by atoms with Crippen LogP contribution in [0.15, 0.2) is 46.2 Å². The van der Waals surface area contributed by atoms with Crippen molar-refractivity contribution in [2.24, 2.45) is 0 Å². The average Bonchev–Trinajstić information content (AvgIpc) is 2.90. The van der Waals surface area contributed by atoms with E-state index in [1.165, 1.54) is 50.2 Å². The summed E-state index contributed by atoms with van der Waals surface area (Å²) < 4.78 is 53.6. The summed E-state index contributed by atoms with van der Waals surface area (Å²) in [7, 11) is -3.99. The Bertz CT molecular complexity index is 1250. The normalized spacial score (nSPS) is 15.6. The fourth-order valence-electron chi connectivity index (χ4n) is 3.82. The van der Waals surface area contributed by atoms with Crippen molar-refractivity contribution < 1.29 is 41.7 Å². The van der Waals surface area contributed by atoms with Gasteiger partial charge in [-0.2, -0.15) is 0 Å². The van der Waals surface area contributed by atoms with E-state index >= 15 is 0 Å². The van der Waals surface area contributed by atoms with Gasteiger partial charge >= 0.3 is 11.9 Å². The molecule has 1 aliphatic heterocycles. The topological polar surface area (TPSA) is 118 Å². The van der Waals surface area contributed by atoms with Crippen LogP contribution in [0.1, 0.15) is 13.8 Å². The first kappa shape index (κ1) is 32.2. The van der Waals surface area contributed by atoms with E-state index in [9.17, 15) is 18.0 Å². The van der Waals surface area contributed by atoms with Gasteiger partial charge in [-0.05, 0) is 36.4 Å². The second kappa shape index (κ2) is 15.1. The lowest BCUT2D eigenvalue weighted by molar-refractivity contribution is -0.149. The maximum Gasteiger partial charge on any atom is 0.303 e. The second-order valence-corrected chi connectivity index (χ2v) is 11.9. The summed E-state index contributed by atoms with van der Waals surface area (Å²) in [6.45, 7) is 5.72. The molecule has 0 aromatic heterocycles. The van der Waals surface area contributed by atoms with Crippen LogP contribution >= 0.6 is 34.8 Å². The van der Waals surface area contributed by atoms with Gasteiger partial charge in [0.1, 0.15) is 31.2 Å². The van der Waals surface area contributed by atoms with Gasteiger partial charge in [0.05, 0.1) is 38.9 Å². The summed E-state index contributed by atoms with van der Waals surface area (Å²) in [5.41, 5.74) is 0. The number of sulfone groups is 1. The molecule has 2 atom stereocenters. The Balaban J connectivity index is 1.67. The van der Waals surface area contributed by atoms with Crippen molar-refractivity contribution in [1.82, 2.24) is 4.90 Å². The summed E-state index contributed by atoms with van der Waals surface area (Å²) in [4.78, 5) is 24.7. The molecule has 0 saturated carbocycles. The minimum atomic E-state index is -3.99. The van der Waals surface area contributed by atoms with E-state index in [1.54, 1.807) is 0 Å².